The van der Waals surface area contributed by atoms with Crippen LogP contribution in [0.1, 0.15) is 36.7 Å². The molecule has 0 aromatic heterocycles. The third kappa shape index (κ3) is 2.05. The Labute approximate surface area is 92.9 Å². The molecular formula is C12H14F2O2. The van der Waals surface area contributed by atoms with Gasteiger partial charge in [0.05, 0.1) is 5.56 Å². The fourth-order valence-electron chi connectivity index (χ4n) is 1.35. The summed E-state index contributed by atoms with van der Waals surface area (Å²) in [4.78, 5) is 10.9. The molecular weight excluding hydrogens is 214 g/mol. The van der Waals surface area contributed by atoms with Gasteiger partial charge in [-0.3, -0.25) is 0 Å². The molecule has 0 atom stereocenters. The maximum Gasteiger partial charge on any atom is 0.336 e. The second kappa shape index (κ2) is 3.85. The first-order valence-electron chi connectivity index (χ1n) is 4.88. The SMILES string of the molecule is CC(C)(C)C(F)(F)c1ccccc1C(=O)O. The molecule has 1 aromatic carbocycles. The number of carboxylic acids is 1. The largest absolute Gasteiger partial charge is 0.478 e. The first kappa shape index (κ1) is 12.6. The Hall–Kier alpha value is -1.45. The molecule has 0 aliphatic heterocycles. The van der Waals surface area contributed by atoms with Crippen LogP contribution in [-0.4, -0.2) is 11.1 Å². The number of hydrogen-bond acceptors (Lipinski definition) is 1. The number of alkyl halides is 2. The molecule has 0 fully saturated rings. The molecule has 0 heterocycles. The molecule has 1 rings (SSSR count). The van der Waals surface area contributed by atoms with Crippen LogP contribution in [0.15, 0.2) is 24.3 Å². The molecule has 0 bridgehead atoms. The van der Waals surface area contributed by atoms with Gasteiger partial charge in [-0.2, -0.15) is 0 Å². The molecule has 88 valence electrons. The van der Waals surface area contributed by atoms with Crippen molar-refractivity contribution in [2.75, 3.05) is 0 Å². The van der Waals surface area contributed by atoms with Crippen LogP contribution in [0.3, 0.4) is 0 Å². The summed E-state index contributed by atoms with van der Waals surface area (Å²) in [5.41, 5.74) is -2.10. The highest BCUT2D eigenvalue weighted by atomic mass is 19.3. The molecule has 0 spiro atoms. The van der Waals surface area contributed by atoms with Crippen molar-refractivity contribution in [2.24, 2.45) is 5.41 Å². The van der Waals surface area contributed by atoms with Gasteiger partial charge in [0, 0.05) is 11.0 Å². The van der Waals surface area contributed by atoms with Crippen molar-refractivity contribution in [3.63, 3.8) is 0 Å². The fraction of sp³-hybridized carbons (Fsp3) is 0.417. The van der Waals surface area contributed by atoms with Crippen LogP contribution in [0, 0.1) is 5.41 Å². The van der Waals surface area contributed by atoms with Gasteiger partial charge in [-0.05, 0) is 6.07 Å². The summed E-state index contributed by atoms with van der Waals surface area (Å²) >= 11 is 0. The Balaban J connectivity index is 3.39. The maximum absolute atomic E-state index is 14.0. The number of benzene rings is 1. The molecule has 0 aliphatic rings. The lowest BCUT2D eigenvalue weighted by atomic mass is 9.82. The molecule has 0 unspecified atom stereocenters. The minimum atomic E-state index is -3.18. The molecule has 1 aromatic rings. The Morgan fingerprint density at radius 1 is 1.19 bits per heavy atom. The van der Waals surface area contributed by atoms with E-state index in [2.05, 4.69) is 0 Å². The standard InChI is InChI=1S/C12H14F2O2/c1-11(2,3)12(13,14)9-7-5-4-6-8(9)10(15)16/h4-7H,1-3H3,(H,15,16). The van der Waals surface area contributed by atoms with Crippen LogP contribution in [0.5, 0.6) is 0 Å². The van der Waals surface area contributed by atoms with Crippen molar-refractivity contribution in [3.8, 4) is 0 Å². The van der Waals surface area contributed by atoms with E-state index in [4.69, 9.17) is 5.11 Å². The van der Waals surface area contributed by atoms with Crippen LogP contribution in [0.2, 0.25) is 0 Å². The van der Waals surface area contributed by atoms with Gasteiger partial charge in [-0.1, -0.05) is 39.0 Å². The van der Waals surface area contributed by atoms with Crippen molar-refractivity contribution in [3.05, 3.63) is 35.4 Å². The van der Waals surface area contributed by atoms with Crippen LogP contribution < -0.4 is 0 Å². The zero-order valence-electron chi connectivity index (χ0n) is 9.42. The van der Waals surface area contributed by atoms with E-state index >= 15 is 0 Å². The average Bonchev–Trinajstić information content (AvgIpc) is 2.16. The quantitative estimate of drug-likeness (QED) is 0.840. The van der Waals surface area contributed by atoms with Crippen molar-refractivity contribution >= 4 is 5.97 Å². The third-order valence-electron chi connectivity index (χ3n) is 2.44. The van der Waals surface area contributed by atoms with Crippen LogP contribution >= 0.6 is 0 Å². The first-order valence-corrected chi connectivity index (χ1v) is 4.88. The molecule has 0 amide bonds. The Bertz CT molecular complexity index is 406. The monoisotopic (exact) mass is 228 g/mol. The van der Waals surface area contributed by atoms with Gasteiger partial charge in [0.25, 0.3) is 5.92 Å². The van der Waals surface area contributed by atoms with E-state index in [1.54, 1.807) is 0 Å². The highest BCUT2D eigenvalue weighted by Gasteiger charge is 2.46. The van der Waals surface area contributed by atoms with E-state index in [1.165, 1.54) is 39.0 Å². The lowest BCUT2D eigenvalue weighted by Crippen LogP contribution is -2.32. The van der Waals surface area contributed by atoms with Gasteiger partial charge in [0.15, 0.2) is 0 Å². The summed E-state index contributed by atoms with van der Waals surface area (Å²) in [5, 5.41) is 8.86. The molecule has 0 radical (unpaired) electrons. The van der Waals surface area contributed by atoms with Gasteiger partial charge >= 0.3 is 5.97 Å². The topological polar surface area (TPSA) is 37.3 Å². The number of aromatic carboxylic acids is 1. The number of hydrogen-bond donors (Lipinski definition) is 1. The maximum atomic E-state index is 14.0. The summed E-state index contributed by atoms with van der Waals surface area (Å²) in [6.45, 7) is 4.14. The average molecular weight is 228 g/mol. The van der Waals surface area contributed by atoms with E-state index in [-0.39, 0.29) is 5.56 Å². The van der Waals surface area contributed by atoms with E-state index in [1.807, 2.05) is 0 Å². The van der Waals surface area contributed by atoms with Gasteiger partial charge in [0.1, 0.15) is 0 Å². The minimum absolute atomic E-state index is 0.345. The van der Waals surface area contributed by atoms with Crippen LogP contribution in [0.25, 0.3) is 0 Å². The Kier molecular flexibility index (Phi) is 3.03. The van der Waals surface area contributed by atoms with Gasteiger partial charge in [0.2, 0.25) is 0 Å². The first-order chi connectivity index (χ1) is 7.18. The Morgan fingerprint density at radius 2 is 1.69 bits per heavy atom. The molecule has 0 saturated heterocycles. The number of carboxylic acid groups (broad SMARTS) is 1. The lowest BCUT2D eigenvalue weighted by Gasteiger charge is -2.31. The summed E-state index contributed by atoms with van der Waals surface area (Å²) in [6.07, 6.45) is 0. The second-order valence-corrected chi connectivity index (χ2v) is 4.68. The molecule has 0 saturated carbocycles. The summed E-state index contributed by atoms with van der Waals surface area (Å²) in [5.74, 6) is -4.51. The van der Waals surface area contributed by atoms with Gasteiger partial charge in [-0.15, -0.1) is 0 Å². The summed E-state index contributed by atoms with van der Waals surface area (Å²) < 4.78 is 28.0. The van der Waals surface area contributed by atoms with Gasteiger partial charge in [-0.25, -0.2) is 13.6 Å². The molecule has 4 heteroatoms. The third-order valence-corrected chi connectivity index (χ3v) is 2.44. The molecule has 0 aliphatic carbocycles. The molecule has 16 heavy (non-hydrogen) atoms. The van der Waals surface area contributed by atoms with Crippen molar-refractivity contribution in [1.29, 1.82) is 0 Å². The van der Waals surface area contributed by atoms with Gasteiger partial charge < -0.3 is 5.11 Å². The summed E-state index contributed by atoms with van der Waals surface area (Å²) in [6, 6.07) is 5.21. The second-order valence-electron chi connectivity index (χ2n) is 4.68. The van der Waals surface area contributed by atoms with Crippen LogP contribution in [-0.2, 0) is 5.92 Å². The molecule has 2 nitrogen and oxygen atoms in total. The number of carbonyl (C=O) groups is 1. The van der Waals surface area contributed by atoms with Crippen molar-refractivity contribution < 1.29 is 18.7 Å². The fourth-order valence-corrected chi connectivity index (χ4v) is 1.35. The zero-order valence-corrected chi connectivity index (χ0v) is 9.42. The molecule has 1 N–H and O–H groups in total. The smallest absolute Gasteiger partial charge is 0.336 e. The minimum Gasteiger partial charge on any atom is -0.478 e. The number of rotatable bonds is 2. The number of halogens is 2. The normalized spacial score (nSPS) is 12.6. The van der Waals surface area contributed by atoms with E-state index < -0.39 is 22.9 Å². The highest BCUT2D eigenvalue weighted by Crippen LogP contribution is 2.45. The van der Waals surface area contributed by atoms with E-state index in [0.717, 1.165) is 6.07 Å². The van der Waals surface area contributed by atoms with E-state index in [9.17, 15) is 13.6 Å². The van der Waals surface area contributed by atoms with Crippen molar-refractivity contribution in [1.82, 2.24) is 0 Å². The highest BCUT2D eigenvalue weighted by molar-refractivity contribution is 5.89. The Morgan fingerprint density at radius 3 is 2.12 bits per heavy atom. The lowest BCUT2D eigenvalue weighted by molar-refractivity contribution is -0.105. The zero-order chi connectivity index (χ0) is 12.6. The van der Waals surface area contributed by atoms with Crippen molar-refractivity contribution in [2.45, 2.75) is 26.7 Å². The predicted octanol–water partition coefficient (Wildman–Crippen LogP) is 3.52. The predicted molar refractivity (Wildman–Crippen MR) is 56.8 cm³/mol. The van der Waals surface area contributed by atoms with Crippen LogP contribution in [0.4, 0.5) is 8.78 Å². The summed E-state index contributed by atoms with van der Waals surface area (Å²) in [7, 11) is 0. The van der Waals surface area contributed by atoms with E-state index in [0.29, 0.717) is 0 Å².